The van der Waals surface area contributed by atoms with Crippen LogP contribution < -0.4 is 0 Å². The first kappa shape index (κ1) is 14.8. The fourth-order valence-corrected chi connectivity index (χ4v) is 1.80. The van der Waals surface area contributed by atoms with Gasteiger partial charge in [0.15, 0.2) is 0 Å². The lowest BCUT2D eigenvalue weighted by Crippen LogP contribution is -2.59. The van der Waals surface area contributed by atoms with Gasteiger partial charge in [0.1, 0.15) is 11.2 Å². The van der Waals surface area contributed by atoms with Crippen LogP contribution in [0.15, 0.2) is 0 Å². The van der Waals surface area contributed by atoms with Gasteiger partial charge in [-0.1, -0.05) is 6.92 Å². The molecule has 0 bridgehead atoms. The van der Waals surface area contributed by atoms with E-state index in [9.17, 15) is 10.2 Å². The van der Waals surface area contributed by atoms with Crippen molar-refractivity contribution in [3.05, 3.63) is 0 Å². The Morgan fingerprint density at radius 3 is 1.20 bits per heavy atom. The van der Waals surface area contributed by atoms with Crippen LogP contribution in [0, 0.1) is 5.92 Å². The molecule has 0 heterocycles. The van der Waals surface area contributed by atoms with Gasteiger partial charge in [-0.15, -0.1) is 0 Å². The summed E-state index contributed by atoms with van der Waals surface area (Å²) < 4.78 is 0. The SMILES string of the molecule is CCC(C(O)(CO)CO)C(O)(CO)CO. The molecule has 0 aliphatic heterocycles. The predicted molar refractivity (Wildman–Crippen MR) is 52.0 cm³/mol. The first-order valence-electron chi connectivity index (χ1n) is 4.82. The van der Waals surface area contributed by atoms with Gasteiger partial charge in [-0.2, -0.15) is 0 Å². The summed E-state index contributed by atoms with van der Waals surface area (Å²) in [5, 5.41) is 55.4. The van der Waals surface area contributed by atoms with Crippen molar-refractivity contribution in [3.63, 3.8) is 0 Å². The second kappa shape index (κ2) is 5.74. The monoisotopic (exact) mass is 224 g/mol. The lowest BCUT2D eigenvalue weighted by atomic mass is 9.74. The molecule has 0 saturated carbocycles. The molecule has 0 aromatic heterocycles. The summed E-state index contributed by atoms with van der Waals surface area (Å²) in [6, 6.07) is 0. The Morgan fingerprint density at radius 1 is 0.800 bits per heavy atom. The molecule has 92 valence electrons. The Morgan fingerprint density at radius 2 is 1.07 bits per heavy atom. The van der Waals surface area contributed by atoms with Crippen molar-refractivity contribution in [1.29, 1.82) is 0 Å². The normalized spacial score (nSPS) is 13.6. The van der Waals surface area contributed by atoms with Crippen molar-refractivity contribution >= 4 is 0 Å². The fraction of sp³-hybridized carbons (Fsp3) is 1.00. The van der Waals surface area contributed by atoms with Crippen molar-refractivity contribution in [2.45, 2.75) is 24.5 Å². The minimum absolute atomic E-state index is 0.190. The molecule has 6 N–H and O–H groups in total. The van der Waals surface area contributed by atoms with Crippen LogP contribution in [0.2, 0.25) is 0 Å². The standard InChI is InChI=1S/C9H20O6/c1-2-7(8(14,3-10)4-11)9(15,5-12)6-13/h7,10-15H,2-6H2,1H3. The summed E-state index contributed by atoms with van der Waals surface area (Å²) >= 11 is 0. The molecule has 0 amide bonds. The summed E-state index contributed by atoms with van der Waals surface area (Å²) in [5.74, 6) is -1.02. The second-order valence-electron chi connectivity index (χ2n) is 3.80. The van der Waals surface area contributed by atoms with Gasteiger partial charge in [0.25, 0.3) is 0 Å². The van der Waals surface area contributed by atoms with Gasteiger partial charge in [0.05, 0.1) is 26.4 Å². The number of hydrogen-bond donors (Lipinski definition) is 6. The first-order valence-corrected chi connectivity index (χ1v) is 4.82. The first-order chi connectivity index (χ1) is 6.94. The van der Waals surface area contributed by atoms with Gasteiger partial charge < -0.3 is 30.6 Å². The Labute approximate surface area is 88.4 Å². The third-order valence-electron chi connectivity index (χ3n) is 2.80. The molecule has 0 radical (unpaired) electrons. The minimum Gasteiger partial charge on any atom is -0.393 e. The third-order valence-corrected chi connectivity index (χ3v) is 2.80. The van der Waals surface area contributed by atoms with E-state index in [0.29, 0.717) is 0 Å². The molecular formula is C9H20O6. The molecule has 0 unspecified atom stereocenters. The highest BCUT2D eigenvalue weighted by Gasteiger charge is 2.47. The van der Waals surface area contributed by atoms with Crippen LogP contribution in [-0.2, 0) is 0 Å². The highest BCUT2D eigenvalue weighted by Crippen LogP contribution is 2.31. The van der Waals surface area contributed by atoms with Crippen LogP contribution in [0.25, 0.3) is 0 Å². The maximum atomic E-state index is 9.80. The number of hydrogen-bond acceptors (Lipinski definition) is 6. The molecule has 0 aromatic carbocycles. The van der Waals surface area contributed by atoms with E-state index in [1.54, 1.807) is 6.92 Å². The van der Waals surface area contributed by atoms with Crippen LogP contribution >= 0.6 is 0 Å². The molecule has 6 nitrogen and oxygen atoms in total. The van der Waals surface area contributed by atoms with Gasteiger partial charge in [-0.25, -0.2) is 0 Å². The van der Waals surface area contributed by atoms with Crippen molar-refractivity contribution in [1.82, 2.24) is 0 Å². The summed E-state index contributed by atoms with van der Waals surface area (Å²) in [6.45, 7) is -1.43. The van der Waals surface area contributed by atoms with E-state index in [4.69, 9.17) is 20.4 Å². The summed E-state index contributed by atoms with van der Waals surface area (Å²) in [5.41, 5.74) is -3.84. The zero-order valence-corrected chi connectivity index (χ0v) is 8.80. The predicted octanol–water partition coefficient (Wildman–Crippen LogP) is -2.56. The Balaban J connectivity index is 5.02. The van der Waals surface area contributed by atoms with Crippen LogP contribution in [-0.4, -0.2) is 68.3 Å². The Bertz CT molecular complexity index is 157. The molecule has 0 rings (SSSR count). The lowest BCUT2D eigenvalue weighted by molar-refractivity contribution is -0.189. The quantitative estimate of drug-likeness (QED) is 0.283. The van der Waals surface area contributed by atoms with E-state index >= 15 is 0 Å². The van der Waals surface area contributed by atoms with E-state index in [0.717, 1.165) is 0 Å². The minimum atomic E-state index is -1.92. The summed E-state index contributed by atoms with van der Waals surface area (Å²) in [6.07, 6.45) is 0.190. The van der Waals surface area contributed by atoms with Crippen molar-refractivity contribution < 1.29 is 30.6 Å². The fourth-order valence-electron chi connectivity index (χ4n) is 1.80. The van der Waals surface area contributed by atoms with Gasteiger partial charge >= 0.3 is 0 Å². The van der Waals surface area contributed by atoms with E-state index in [1.807, 2.05) is 0 Å². The maximum Gasteiger partial charge on any atom is 0.116 e. The third kappa shape index (κ3) is 2.87. The molecule has 15 heavy (non-hydrogen) atoms. The molecule has 0 aliphatic carbocycles. The van der Waals surface area contributed by atoms with Gasteiger partial charge in [-0.3, -0.25) is 0 Å². The molecule has 0 atom stereocenters. The highest BCUT2D eigenvalue weighted by atomic mass is 16.4. The number of aliphatic hydroxyl groups excluding tert-OH is 4. The number of rotatable bonds is 7. The Kier molecular flexibility index (Phi) is 5.65. The molecule has 0 aromatic rings. The van der Waals surface area contributed by atoms with Gasteiger partial charge in [-0.05, 0) is 6.42 Å². The molecule has 6 heteroatoms. The zero-order valence-electron chi connectivity index (χ0n) is 8.80. The largest absolute Gasteiger partial charge is 0.393 e. The van der Waals surface area contributed by atoms with Crippen molar-refractivity contribution in [2.24, 2.45) is 5.92 Å². The summed E-state index contributed by atoms with van der Waals surface area (Å²) in [4.78, 5) is 0. The van der Waals surface area contributed by atoms with Crippen LogP contribution in [0.3, 0.4) is 0 Å². The van der Waals surface area contributed by atoms with E-state index < -0.39 is 43.5 Å². The van der Waals surface area contributed by atoms with E-state index in [2.05, 4.69) is 0 Å². The average Bonchev–Trinajstić information content (AvgIpc) is 2.29. The zero-order chi connectivity index (χ0) is 12.1. The topological polar surface area (TPSA) is 121 Å². The second-order valence-corrected chi connectivity index (χ2v) is 3.80. The molecular weight excluding hydrogens is 204 g/mol. The molecule has 0 spiro atoms. The van der Waals surface area contributed by atoms with Crippen molar-refractivity contribution in [2.75, 3.05) is 26.4 Å². The Hall–Kier alpha value is -0.240. The molecule has 0 saturated heterocycles. The number of aliphatic hydroxyl groups is 6. The van der Waals surface area contributed by atoms with E-state index in [1.165, 1.54) is 0 Å². The van der Waals surface area contributed by atoms with Crippen LogP contribution in [0.5, 0.6) is 0 Å². The van der Waals surface area contributed by atoms with Gasteiger partial charge in [0, 0.05) is 5.92 Å². The van der Waals surface area contributed by atoms with Crippen molar-refractivity contribution in [3.8, 4) is 0 Å². The van der Waals surface area contributed by atoms with E-state index in [-0.39, 0.29) is 6.42 Å². The highest BCUT2D eigenvalue weighted by molar-refractivity contribution is 4.97. The summed E-state index contributed by atoms with van der Waals surface area (Å²) in [7, 11) is 0. The van der Waals surface area contributed by atoms with Crippen LogP contribution in [0.4, 0.5) is 0 Å². The average molecular weight is 224 g/mol. The maximum absolute atomic E-state index is 9.80. The smallest absolute Gasteiger partial charge is 0.116 e. The van der Waals surface area contributed by atoms with Crippen LogP contribution in [0.1, 0.15) is 13.3 Å². The lowest BCUT2D eigenvalue weighted by Gasteiger charge is -2.41. The van der Waals surface area contributed by atoms with Gasteiger partial charge in [0.2, 0.25) is 0 Å². The molecule has 0 aliphatic rings. The molecule has 0 fully saturated rings.